The maximum absolute atomic E-state index is 11.2. The molecule has 1 aromatic carbocycles. The Morgan fingerprint density at radius 2 is 2.33 bits per heavy atom. The molecule has 0 spiro atoms. The molecule has 0 radical (unpaired) electrons. The van der Waals surface area contributed by atoms with Gasteiger partial charge in [-0.05, 0) is 18.2 Å². The third kappa shape index (κ3) is 3.53. The summed E-state index contributed by atoms with van der Waals surface area (Å²) in [6.45, 7) is -0.165. The van der Waals surface area contributed by atoms with E-state index in [1.165, 1.54) is 7.11 Å². The zero-order valence-electron chi connectivity index (χ0n) is 8.29. The van der Waals surface area contributed by atoms with Gasteiger partial charge in [-0.15, -0.1) is 0 Å². The van der Waals surface area contributed by atoms with Crippen molar-refractivity contribution in [1.82, 2.24) is 0 Å². The van der Waals surface area contributed by atoms with Gasteiger partial charge in [0.1, 0.15) is 5.75 Å². The lowest BCUT2D eigenvalue weighted by Gasteiger charge is -2.09. The lowest BCUT2D eigenvalue weighted by atomic mass is 10.3. The molecular formula is C10H12BrNO3. The zero-order valence-corrected chi connectivity index (χ0v) is 9.87. The van der Waals surface area contributed by atoms with Crippen molar-refractivity contribution in [3.05, 3.63) is 22.7 Å². The van der Waals surface area contributed by atoms with Crippen LogP contribution in [0.2, 0.25) is 0 Å². The van der Waals surface area contributed by atoms with Gasteiger partial charge in [-0.2, -0.15) is 0 Å². The van der Waals surface area contributed by atoms with E-state index in [1.807, 2.05) is 6.07 Å². The summed E-state index contributed by atoms with van der Waals surface area (Å²) in [4.78, 5) is 11.2. The lowest BCUT2D eigenvalue weighted by Crippen LogP contribution is -2.13. The summed E-state index contributed by atoms with van der Waals surface area (Å²) in [7, 11) is 1.53. The van der Waals surface area contributed by atoms with Crippen molar-refractivity contribution in [1.29, 1.82) is 0 Å². The van der Waals surface area contributed by atoms with Crippen LogP contribution in [0.25, 0.3) is 0 Å². The predicted molar refractivity (Wildman–Crippen MR) is 61.0 cm³/mol. The van der Waals surface area contributed by atoms with Crippen molar-refractivity contribution >= 4 is 27.5 Å². The third-order valence-electron chi connectivity index (χ3n) is 1.77. The number of anilines is 1. The van der Waals surface area contributed by atoms with Gasteiger partial charge in [0.05, 0.1) is 25.8 Å². The number of halogens is 1. The molecule has 0 unspecified atom stereocenters. The van der Waals surface area contributed by atoms with Gasteiger partial charge in [0.15, 0.2) is 0 Å². The monoisotopic (exact) mass is 273 g/mol. The van der Waals surface area contributed by atoms with Crippen LogP contribution >= 0.6 is 15.9 Å². The Bertz CT molecular complexity index is 355. The smallest absolute Gasteiger partial charge is 0.226 e. The molecule has 1 amide bonds. The first-order valence-corrected chi connectivity index (χ1v) is 5.21. The highest BCUT2D eigenvalue weighted by molar-refractivity contribution is 9.10. The Morgan fingerprint density at radius 3 is 2.93 bits per heavy atom. The molecule has 0 aromatic heterocycles. The molecule has 82 valence electrons. The number of hydrogen-bond donors (Lipinski definition) is 2. The Morgan fingerprint density at radius 1 is 1.60 bits per heavy atom. The molecule has 0 saturated heterocycles. The highest BCUT2D eigenvalue weighted by atomic mass is 79.9. The van der Waals surface area contributed by atoms with Crippen LogP contribution in [-0.2, 0) is 4.79 Å². The van der Waals surface area contributed by atoms with E-state index < -0.39 is 0 Å². The zero-order chi connectivity index (χ0) is 11.3. The number of rotatable bonds is 4. The number of amides is 1. The van der Waals surface area contributed by atoms with Crippen LogP contribution < -0.4 is 10.1 Å². The standard InChI is InChI=1S/C10H12BrNO3/c1-15-9-3-2-7(11)6-8(9)12-10(14)4-5-13/h2-3,6,13H,4-5H2,1H3,(H,12,14). The van der Waals surface area contributed by atoms with Crippen LogP contribution in [0.3, 0.4) is 0 Å². The summed E-state index contributed by atoms with van der Waals surface area (Å²) in [5, 5.41) is 11.2. The maximum Gasteiger partial charge on any atom is 0.226 e. The highest BCUT2D eigenvalue weighted by Crippen LogP contribution is 2.27. The topological polar surface area (TPSA) is 58.6 Å². The van der Waals surface area contributed by atoms with E-state index in [-0.39, 0.29) is 18.9 Å². The molecule has 0 saturated carbocycles. The predicted octanol–water partition coefficient (Wildman–Crippen LogP) is 1.78. The molecule has 0 aliphatic carbocycles. The second kappa shape index (κ2) is 5.72. The summed E-state index contributed by atoms with van der Waals surface area (Å²) in [5.74, 6) is 0.346. The first-order chi connectivity index (χ1) is 7.17. The molecule has 0 bridgehead atoms. The normalized spacial score (nSPS) is 9.80. The number of methoxy groups -OCH3 is 1. The van der Waals surface area contributed by atoms with Gasteiger partial charge in [0.25, 0.3) is 0 Å². The third-order valence-corrected chi connectivity index (χ3v) is 2.27. The molecule has 5 heteroatoms. The van der Waals surface area contributed by atoms with Crippen molar-refractivity contribution < 1.29 is 14.6 Å². The molecule has 0 aliphatic heterocycles. The Labute approximate surface area is 96.4 Å². The molecular weight excluding hydrogens is 262 g/mol. The lowest BCUT2D eigenvalue weighted by molar-refractivity contribution is -0.116. The minimum absolute atomic E-state index is 0.0790. The van der Waals surface area contributed by atoms with Crippen LogP contribution in [0.5, 0.6) is 5.75 Å². The largest absolute Gasteiger partial charge is 0.495 e. The number of nitrogens with one attached hydrogen (secondary N) is 1. The van der Waals surface area contributed by atoms with Gasteiger partial charge in [-0.1, -0.05) is 15.9 Å². The molecule has 0 heterocycles. The fourth-order valence-corrected chi connectivity index (χ4v) is 1.45. The molecule has 2 N–H and O–H groups in total. The summed E-state index contributed by atoms with van der Waals surface area (Å²) in [5.41, 5.74) is 0.588. The highest BCUT2D eigenvalue weighted by Gasteiger charge is 2.07. The van der Waals surface area contributed by atoms with Crippen molar-refractivity contribution in [2.24, 2.45) is 0 Å². The molecule has 0 fully saturated rings. The minimum Gasteiger partial charge on any atom is -0.495 e. The number of aliphatic hydroxyl groups is 1. The van der Waals surface area contributed by atoms with Crippen LogP contribution in [0.1, 0.15) is 6.42 Å². The Kier molecular flexibility index (Phi) is 4.58. The number of carbonyl (C=O) groups excluding carboxylic acids is 1. The summed E-state index contributed by atoms with van der Waals surface area (Å²) in [6, 6.07) is 5.31. The maximum atomic E-state index is 11.2. The van der Waals surface area contributed by atoms with Gasteiger partial charge in [0, 0.05) is 4.47 Å². The minimum atomic E-state index is -0.242. The number of benzene rings is 1. The van der Waals surface area contributed by atoms with E-state index in [4.69, 9.17) is 9.84 Å². The van der Waals surface area contributed by atoms with Crippen molar-refractivity contribution in [3.63, 3.8) is 0 Å². The van der Waals surface area contributed by atoms with E-state index in [9.17, 15) is 4.79 Å². The molecule has 15 heavy (non-hydrogen) atoms. The van der Waals surface area contributed by atoms with E-state index >= 15 is 0 Å². The van der Waals surface area contributed by atoms with Gasteiger partial charge < -0.3 is 15.2 Å². The van der Waals surface area contributed by atoms with E-state index in [2.05, 4.69) is 21.2 Å². The second-order valence-corrected chi connectivity index (χ2v) is 3.78. The Balaban J connectivity index is 2.82. The van der Waals surface area contributed by atoms with Gasteiger partial charge in [-0.3, -0.25) is 4.79 Å². The molecule has 0 aliphatic rings. The Hall–Kier alpha value is -1.07. The number of carbonyl (C=O) groups is 1. The van der Waals surface area contributed by atoms with Crippen molar-refractivity contribution in [2.75, 3.05) is 19.0 Å². The van der Waals surface area contributed by atoms with Crippen molar-refractivity contribution in [3.8, 4) is 5.75 Å². The number of aliphatic hydroxyl groups excluding tert-OH is 1. The summed E-state index contributed by atoms with van der Waals surface area (Å²) < 4.78 is 5.93. The van der Waals surface area contributed by atoms with Crippen LogP contribution in [0, 0.1) is 0 Å². The van der Waals surface area contributed by atoms with Gasteiger partial charge in [0.2, 0.25) is 5.91 Å². The fourth-order valence-electron chi connectivity index (χ4n) is 1.09. The van der Waals surface area contributed by atoms with E-state index in [1.54, 1.807) is 12.1 Å². The van der Waals surface area contributed by atoms with Gasteiger partial charge >= 0.3 is 0 Å². The van der Waals surface area contributed by atoms with Crippen molar-refractivity contribution in [2.45, 2.75) is 6.42 Å². The first kappa shape index (κ1) is 12.0. The summed E-state index contributed by atoms with van der Waals surface area (Å²) >= 11 is 3.30. The number of ether oxygens (including phenoxy) is 1. The molecule has 4 nitrogen and oxygen atoms in total. The van der Waals surface area contributed by atoms with Crippen LogP contribution in [0.15, 0.2) is 22.7 Å². The fraction of sp³-hybridized carbons (Fsp3) is 0.300. The van der Waals surface area contributed by atoms with Crippen LogP contribution in [0.4, 0.5) is 5.69 Å². The average molecular weight is 274 g/mol. The number of hydrogen-bond acceptors (Lipinski definition) is 3. The quantitative estimate of drug-likeness (QED) is 0.879. The van der Waals surface area contributed by atoms with E-state index in [0.717, 1.165) is 4.47 Å². The SMILES string of the molecule is COc1ccc(Br)cc1NC(=O)CCO. The van der Waals surface area contributed by atoms with Crippen LogP contribution in [-0.4, -0.2) is 24.7 Å². The van der Waals surface area contributed by atoms with Gasteiger partial charge in [-0.25, -0.2) is 0 Å². The summed E-state index contributed by atoms with van der Waals surface area (Å²) in [6.07, 6.45) is 0.0790. The molecule has 0 atom stereocenters. The molecule has 1 aromatic rings. The first-order valence-electron chi connectivity index (χ1n) is 4.41. The second-order valence-electron chi connectivity index (χ2n) is 2.87. The van der Waals surface area contributed by atoms with E-state index in [0.29, 0.717) is 11.4 Å². The average Bonchev–Trinajstić information content (AvgIpc) is 2.18. The molecule has 1 rings (SSSR count).